The highest BCUT2D eigenvalue weighted by molar-refractivity contribution is 5.79. The third-order valence-corrected chi connectivity index (χ3v) is 4.04. The van der Waals surface area contributed by atoms with E-state index in [4.69, 9.17) is 9.47 Å². The number of phenolic OH excluding ortho intramolecular Hbond substituents is 1. The predicted octanol–water partition coefficient (Wildman–Crippen LogP) is 2.37. The van der Waals surface area contributed by atoms with Crippen molar-refractivity contribution in [3.05, 3.63) is 53.6 Å². The van der Waals surface area contributed by atoms with Crippen LogP contribution in [0.2, 0.25) is 0 Å². The number of benzene rings is 2. The minimum absolute atomic E-state index is 0.285. The molecule has 1 heterocycles. The minimum Gasteiger partial charge on any atom is -0.508 e. The number of hydrogen-bond donors (Lipinski definition) is 2. The molecule has 1 aliphatic heterocycles. The Kier molecular flexibility index (Phi) is 5.28. The fourth-order valence-corrected chi connectivity index (χ4v) is 2.80. The summed E-state index contributed by atoms with van der Waals surface area (Å²) in [5.41, 5.74) is 2.21. The van der Waals surface area contributed by atoms with Gasteiger partial charge in [-0.2, -0.15) is 0 Å². The van der Waals surface area contributed by atoms with Gasteiger partial charge in [0.25, 0.3) is 0 Å². The van der Waals surface area contributed by atoms with E-state index >= 15 is 0 Å². The molecule has 25 heavy (non-hydrogen) atoms. The summed E-state index contributed by atoms with van der Waals surface area (Å²) in [6, 6.07) is 13.3. The van der Waals surface area contributed by atoms with Crippen LogP contribution < -0.4 is 14.8 Å². The van der Waals surface area contributed by atoms with Gasteiger partial charge in [-0.15, -0.1) is 0 Å². The van der Waals surface area contributed by atoms with Gasteiger partial charge in [0.2, 0.25) is 6.79 Å². The first-order chi connectivity index (χ1) is 12.2. The van der Waals surface area contributed by atoms with E-state index in [-0.39, 0.29) is 6.79 Å². The monoisotopic (exact) mass is 341 g/mol. The number of ether oxygens (including phenoxy) is 2. The maximum absolute atomic E-state index is 9.52. The Labute approximate surface area is 147 Å². The van der Waals surface area contributed by atoms with Gasteiger partial charge >= 0.3 is 0 Å². The molecule has 132 valence electrons. The quantitative estimate of drug-likeness (QED) is 0.646. The van der Waals surface area contributed by atoms with Gasteiger partial charge in [0.05, 0.1) is 0 Å². The van der Waals surface area contributed by atoms with Crippen molar-refractivity contribution in [3.8, 4) is 17.2 Å². The normalized spacial score (nSPS) is 13.0. The van der Waals surface area contributed by atoms with Crippen LogP contribution in [0.15, 0.2) is 47.5 Å². The fourth-order valence-electron chi connectivity index (χ4n) is 2.80. The van der Waals surface area contributed by atoms with Crippen LogP contribution in [0.3, 0.4) is 0 Å². The van der Waals surface area contributed by atoms with E-state index in [0.29, 0.717) is 12.3 Å². The highest BCUT2D eigenvalue weighted by Crippen LogP contribution is 2.32. The lowest BCUT2D eigenvalue weighted by atomic mass is 10.1. The van der Waals surface area contributed by atoms with Crippen LogP contribution in [0.4, 0.5) is 0 Å². The van der Waals surface area contributed by atoms with Crippen LogP contribution in [0.5, 0.6) is 17.2 Å². The number of aromatic hydroxyl groups is 1. The molecule has 0 spiro atoms. The highest BCUT2D eigenvalue weighted by atomic mass is 16.7. The zero-order valence-corrected chi connectivity index (χ0v) is 14.5. The standard InChI is InChI=1S/C19H23N3O3/c1-20-19(21-9-8-14-4-3-5-16(23)10-14)22(2)12-15-6-7-17-18(11-15)25-13-24-17/h3-7,10-11,23H,8-9,12-13H2,1-2H3,(H,20,21). The number of nitrogens with zero attached hydrogens (tertiary/aromatic N) is 2. The second-order valence-corrected chi connectivity index (χ2v) is 5.94. The number of nitrogens with one attached hydrogen (secondary N) is 1. The molecule has 0 aromatic heterocycles. The van der Waals surface area contributed by atoms with Crippen LogP contribution in [-0.2, 0) is 13.0 Å². The van der Waals surface area contributed by atoms with Crippen molar-refractivity contribution in [2.45, 2.75) is 13.0 Å². The molecule has 0 amide bonds. The third-order valence-electron chi connectivity index (χ3n) is 4.04. The average Bonchev–Trinajstić information content (AvgIpc) is 3.06. The third kappa shape index (κ3) is 4.35. The van der Waals surface area contributed by atoms with Crippen molar-refractivity contribution in [1.82, 2.24) is 10.2 Å². The van der Waals surface area contributed by atoms with Gasteiger partial charge in [0, 0.05) is 27.2 Å². The van der Waals surface area contributed by atoms with E-state index in [2.05, 4.69) is 15.2 Å². The minimum atomic E-state index is 0.285. The van der Waals surface area contributed by atoms with E-state index in [1.165, 1.54) is 0 Å². The molecule has 0 atom stereocenters. The van der Waals surface area contributed by atoms with Crippen molar-refractivity contribution in [1.29, 1.82) is 0 Å². The molecule has 6 nitrogen and oxygen atoms in total. The van der Waals surface area contributed by atoms with Gasteiger partial charge in [-0.1, -0.05) is 18.2 Å². The number of aliphatic imine (C=N–C) groups is 1. The van der Waals surface area contributed by atoms with Crippen LogP contribution >= 0.6 is 0 Å². The Morgan fingerprint density at radius 2 is 2.00 bits per heavy atom. The van der Waals surface area contributed by atoms with Crippen LogP contribution in [0.1, 0.15) is 11.1 Å². The molecule has 0 fully saturated rings. The number of guanidine groups is 1. The number of rotatable bonds is 5. The molecular formula is C19H23N3O3. The van der Waals surface area contributed by atoms with Gasteiger partial charge < -0.3 is 24.8 Å². The number of phenols is 1. The molecule has 1 aliphatic rings. The summed E-state index contributed by atoms with van der Waals surface area (Å²) in [4.78, 5) is 6.39. The van der Waals surface area contributed by atoms with E-state index in [0.717, 1.165) is 41.6 Å². The molecule has 0 aliphatic carbocycles. The maximum atomic E-state index is 9.52. The van der Waals surface area contributed by atoms with Crippen molar-refractivity contribution in [2.24, 2.45) is 4.99 Å². The summed E-state index contributed by atoms with van der Waals surface area (Å²) in [5.74, 6) is 2.69. The summed E-state index contributed by atoms with van der Waals surface area (Å²) in [6.45, 7) is 1.73. The zero-order chi connectivity index (χ0) is 17.6. The second-order valence-electron chi connectivity index (χ2n) is 5.94. The molecule has 2 aromatic carbocycles. The molecule has 2 N–H and O–H groups in total. The van der Waals surface area contributed by atoms with Gasteiger partial charge in [0.15, 0.2) is 17.5 Å². The highest BCUT2D eigenvalue weighted by Gasteiger charge is 2.14. The Morgan fingerprint density at radius 1 is 1.16 bits per heavy atom. The van der Waals surface area contributed by atoms with Crippen molar-refractivity contribution in [3.63, 3.8) is 0 Å². The number of fused-ring (bicyclic) bond motifs is 1. The van der Waals surface area contributed by atoms with Gasteiger partial charge in [-0.25, -0.2) is 0 Å². The average molecular weight is 341 g/mol. The summed E-state index contributed by atoms with van der Waals surface area (Å²) in [6.07, 6.45) is 0.811. The molecule has 3 rings (SSSR count). The first-order valence-electron chi connectivity index (χ1n) is 8.24. The topological polar surface area (TPSA) is 66.3 Å². The summed E-state index contributed by atoms with van der Waals surface area (Å²) in [7, 11) is 3.76. The first kappa shape index (κ1) is 17.0. The van der Waals surface area contributed by atoms with Crippen molar-refractivity contribution >= 4 is 5.96 Å². The summed E-state index contributed by atoms with van der Waals surface area (Å²) < 4.78 is 10.8. The molecule has 0 bridgehead atoms. The molecule has 0 saturated carbocycles. The van der Waals surface area contributed by atoms with E-state index in [9.17, 15) is 5.11 Å². The summed E-state index contributed by atoms with van der Waals surface area (Å²) in [5, 5.41) is 12.9. The Hall–Kier alpha value is -2.89. The van der Waals surface area contributed by atoms with Crippen LogP contribution in [0.25, 0.3) is 0 Å². The Balaban J connectivity index is 1.53. The second kappa shape index (κ2) is 7.79. The van der Waals surface area contributed by atoms with E-state index in [1.807, 2.05) is 37.4 Å². The molecule has 2 aromatic rings. The SMILES string of the molecule is CN=C(NCCc1cccc(O)c1)N(C)Cc1ccc2c(c1)OCO2. The fraction of sp³-hybridized carbons (Fsp3) is 0.316. The van der Waals surface area contributed by atoms with Gasteiger partial charge in [0.1, 0.15) is 5.75 Å². The Bertz CT molecular complexity index is 761. The van der Waals surface area contributed by atoms with Crippen LogP contribution in [0, 0.1) is 0 Å². The van der Waals surface area contributed by atoms with E-state index in [1.54, 1.807) is 19.2 Å². The lowest BCUT2D eigenvalue weighted by molar-refractivity contribution is 0.174. The van der Waals surface area contributed by atoms with Crippen LogP contribution in [-0.4, -0.2) is 43.4 Å². The molecule has 0 radical (unpaired) electrons. The Morgan fingerprint density at radius 3 is 2.80 bits per heavy atom. The van der Waals surface area contributed by atoms with Gasteiger partial charge in [-0.3, -0.25) is 4.99 Å². The molecular weight excluding hydrogens is 318 g/mol. The molecule has 0 unspecified atom stereocenters. The lowest BCUT2D eigenvalue weighted by Gasteiger charge is -2.22. The number of hydrogen-bond acceptors (Lipinski definition) is 4. The first-order valence-corrected chi connectivity index (χ1v) is 8.24. The predicted molar refractivity (Wildman–Crippen MR) is 97.2 cm³/mol. The molecule has 6 heteroatoms. The smallest absolute Gasteiger partial charge is 0.231 e. The van der Waals surface area contributed by atoms with Crippen molar-refractivity contribution in [2.75, 3.05) is 27.4 Å². The largest absolute Gasteiger partial charge is 0.508 e. The van der Waals surface area contributed by atoms with Crippen molar-refractivity contribution < 1.29 is 14.6 Å². The summed E-state index contributed by atoms with van der Waals surface area (Å²) >= 11 is 0. The lowest BCUT2D eigenvalue weighted by Crippen LogP contribution is -2.39. The van der Waals surface area contributed by atoms with Gasteiger partial charge in [-0.05, 0) is 41.8 Å². The zero-order valence-electron chi connectivity index (χ0n) is 14.5. The maximum Gasteiger partial charge on any atom is 0.231 e. The van der Waals surface area contributed by atoms with E-state index < -0.39 is 0 Å². The molecule has 0 saturated heterocycles.